The lowest BCUT2D eigenvalue weighted by atomic mass is 10.0. The molecule has 1 aliphatic carbocycles. The molecule has 0 spiro atoms. The van der Waals surface area contributed by atoms with Crippen LogP contribution < -0.4 is 0 Å². The van der Waals surface area contributed by atoms with Gasteiger partial charge in [-0.15, -0.1) is 0 Å². The van der Waals surface area contributed by atoms with E-state index in [9.17, 15) is 18.0 Å². The molecule has 2 rings (SSSR count). The molecule has 0 unspecified atom stereocenters. The van der Waals surface area contributed by atoms with Crippen LogP contribution in [0.3, 0.4) is 0 Å². The van der Waals surface area contributed by atoms with Gasteiger partial charge in [-0.25, -0.2) is 0 Å². The van der Waals surface area contributed by atoms with Gasteiger partial charge < -0.3 is 4.74 Å². The fourth-order valence-corrected chi connectivity index (χ4v) is 2.31. The predicted octanol–water partition coefficient (Wildman–Crippen LogP) is 2.93. The van der Waals surface area contributed by atoms with Crippen molar-refractivity contribution < 1.29 is 22.7 Å². The Kier molecular flexibility index (Phi) is 4.88. The monoisotopic (exact) mass is 301 g/mol. The number of carbonyl (C=O) groups is 1. The van der Waals surface area contributed by atoms with Gasteiger partial charge in [-0.2, -0.15) is 13.2 Å². The van der Waals surface area contributed by atoms with Gasteiger partial charge in [0.2, 0.25) is 0 Å². The number of nitrogens with zero attached hydrogens (tertiary/aromatic N) is 1. The minimum atomic E-state index is -4.21. The third kappa shape index (κ3) is 5.04. The van der Waals surface area contributed by atoms with Gasteiger partial charge >= 0.3 is 12.1 Å². The zero-order chi connectivity index (χ0) is 15.5. The molecule has 0 bridgehead atoms. The molecule has 0 heterocycles. The number of esters is 1. The van der Waals surface area contributed by atoms with E-state index >= 15 is 0 Å². The third-order valence-electron chi connectivity index (χ3n) is 3.50. The van der Waals surface area contributed by atoms with Crippen LogP contribution in [-0.2, 0) is 22.5 Å². The van der Waals surface area contributed by atoms with E-state index in [1.165, 1.54) is 12.0 Å². The van der Waals surface area contributed by atoms with Crippen molar-refractivity contribution in [1.29, 1.82) is 0 Å². The minimum Gasteiger partial charge on any atom is -0.469 e. The number of ether oxygens (including phenoxy) is 1. The van der Waals surface area contributed by atoms with Crippen molar-refractivity contribution in [2.24, 2.45) is 0 Å². The Morgan fingerprint density at radius 3 is 2.43 bits per heavy atom. The molecule has 0 aromatic heterocycles. The fraction of sp³-hybridized carbons (Fsp3) is 0.533. The molecule has 0 N–H and O–H groups in total. The number of hydrogen-bond donors (Lipinski definition) is 0. The Morgan fingerprint density at radius 2 is 1.90 bits per heavy atom. The van der Waals surface area contributed by atoms with Crippen LogP contribution in [-0.4, -0.2) is 36.7 Å². The number of carbonyl (C=O) groups excluding carboxylic acids is 1. The Bertz CT molecular complexity index is 498. The SMILES string of the molecule is COC(=O)Cc1ccccc1CN(CC(F)(F)F)C1CC1. The van der Waals surface area contributed by atoms with Crippen LogP contribution in [0.25, 0.3) is 0 Å². The third-order valence-corrected chi connectivity index (χ3v) is 3.50. The number of methoxy groups -OCH3 is 1. The summed E-state index contributed by atoms with van der Waals surface area (Å²) in [5.74, 6) is -0.392. The molecule has 1 aromatic rings. The summed E-state index contributed by atoms with van der Waals surface area (Å²) in [6.07, 6.45) is -2.53. The van der Waals surface area contributed by atoms with Crippen LogP contribution in [0.4, 0.5) is 13.2 Å². The molecule has 116 valence electrons. The maximum atomic E-state index is 12.6. The summed E-state index contributed by atoms with van der Waals surface area (Å²) < 4.78 is 42.6. The van der Waals surface area contributed by atoms with E-state index in [4.69, 9.17) is 0 Å². The lowest BCUT2D eigenvalue weighted by Crippen LogP contribution is -2.35. The Morgan fingerprint density at radius 1 is 1.29 bits per heavy atom. The maximum absolute atomic E-state index is 12.6. The highest BCUT2D eigenvalue weighted by atomic mass is 19.4. The molecule has 0 radical (unpaired) electrons. The highest BCUT2D eigenvalue weighted by molar-refractivity contribution is 5.72. The van der Waals surface area contributed by atoms with Crippen molar-refractivity contribution in [1.82, 2.24) is 4.90 Å². The van der Waals surface area contributed by atoms with Gasteiger partial charge in [0, 0.05) is 12.6 Å². The van der Waals surface area contributed by atoms with Gasteiger partial charge in [0.15, 0.2) is 0 Å². The Labute approximate surface area is 121 Å². The van der Waals surface area contributed by atoms with Crippen LogP contribution in [0.5, 0.6) is 0 Å². The average molecular weight is 301 g/mol. The second-order valence-corrected chi connectivity index (χ2v) is 5.27. The molecular weight excluding hydrogens is 283 g/mol. The fourth-order valence-electron chi connectivity index (χ4n) is 2.31. The van der Waals surface area contributed by atoms with Gasteiger partial charge in [-0.3, -0.25) is 9.69 Å². The van der Waals surface area contributed by atoms with Crippen LogP contribution in [0.15, 0.2) is 24.3 Å². The van der Waals surface area contributed by atoms with Gasteiger partial charge in [-0.05, 0) is 24.0 Å². The number of hydrogen-bond acceptors (Lipinski definition) is 3. The van der Waals surface area contributed by atoms with E-state index < -0.39 is 18.7 Å². The van der Waals surface area contributed by atoms with Crippen LogP contribution in [0, 0.1) is 0 Å². The molecule has 1 aliphatic rings. The zero-order valence-electron chi connectivity index (χ0n) is 11.8. The Balaban J connectivity index is 2.11. The van der Waals surface area contributed by atoms with E-state index in [1.807, 2.05) is 0 Å². The van der Waals surface area contributed by atoms with Crippen molar-refractivity contribution in [3.05, 3.63) is 35.4 Å². The lowest BCUT2D eigenvalue weighted by molar-refractivity contribution is -0.148. The number of alkyl halides is 3. The van der Waals surface area contributed by atoms with Crippen molar-refractivity contribution in [3.8, 4) is 0 Å². The van der Waals surface area contributed by atoms with Crippen molar-refractivity contribution in [2.45, 2.75) is 38.0 Å². The minimum absolute atomic E-state index is 0.00203. The van der Waals surface area contributed by atoms with E-state index in [1.54, 1.807) is 24.3 Å². The second-order valence-electron chi connectivity index (χ2n) is 5.27. The summed E-state index contributed by atoms with van der Waals surface area (Å²) in [4.78, 5) is 12.8. The van der Waals surface area contributed by atoms with E-state index in [0.29, 0.717) is 0 Å². The van der Waals surface area contributed by atoms with E-state index in [0.717, 1.165) is 24.0 Å². The van der Waals surface area contributed by atoms with Gasteiger partial charge in [0.25, 0.3) is 0 Å². The molecule has 0 atom stereocenters. The normalized spacial score (nSPS) is 15.3. The number of rotatable bonds is 6. The first-order chi connectivity index (χ1) is 9.89. The van der Waals surface area contributed by atoms with Crippen LogP contribution >= 0.6 is 0 Å². The molecule has 21 heavy (non-hydrogen) atoms. The molecule has 0 aliphatic heterocycles. The molecule has 3 nitrogen and oxygen atoms in total. The summed E-state index contributed by atoms with van der Waals surface area (Å²) in [6.45, 7) is -0.707. The molecular formula is C15H18F3NO2. The molecule has 1 saturated carbocycles. The summed E-state index contributed by atoms with van der Waals surface area (Å²) in [5, 5.41) is 0. The molecule has 0 amide bonds. The van der Waals surface area contributed by atoms with E-state index in [2.05, 4.69) is 4.74 Å². The summed E-state index contributed by atoms with van der Waals surface area (Å²) >= 11 is 0. The molecule has 6 heteroatoms. The lowest BCUT2D eigenvalue weighted by Gasteiger charge is -2.24. The smallest absolute Gasteiger partial charge is 0.401 e. The summed E-state index contributed by atoms with van der Waals surface area (Å²) in [6, 6.07) is 7.06. The molecule has 1 fully saturated rings. The predicted molar refractivity (Wildman–Crippen MR) is 71.6 cm³/mol. The van der Waals surface area contributed by atoms with Gasteiger partial charge in [0.05, 0.1) is 20.1 Å². The first-order valence-electron chi connectivity index (χ1n) is 6.83. The van der Waals surface area contributed by atoms with Crippen molar-refractivity contribution in [2.75, 3.05) is 13.7 Å². The van der Waals surface area contributed by atoms with Crippen molar-refractivity contribution >= 4 is 5.97 Å². The second kappa shape index (κ2) is 6.47. The topological polar surface area (TPSA) is 29.5 Å². The standard InChI is InChI=1S/C15H18F3NO2/c1-21-14(20)8-11-4-2-3-5-12(11)9-19(13-6-7-13)10-15(16,17)18/h2-5,13H,6-10H2,1H3. The van der Waals surface area contributed by atoms with Gasteiger partial charge in [-0.1, -0.05) is 24.3 Å². The first-order valence-corrected chi connectivity index (χ1v) is 6.83. The highest BCUT2D eigenvalue weighted by Crippen LogP contribution is 2.31. The molecule has 0 saturated heterocycles. The summed E-state index contributed by atoms with van der Waals surface area (Å²) in [5.41, 5.74) is 1.47. The maximum Gasteiger partial charge on any atom is 0.401 e. The van der Waals surface area contributed by atoms with Crippen LogP contribution in [0.2, 0.25) is 0 Å². The largest absolute Gasteiger partial charge is 0.469 e. The summed E-state index contributed by atoms with van der Waals surface area (Å²) in [7, 11) is 1.30. The van der Waals surface area contributed by atoms with Gasteiger partial charge in [0.1, 0.15) is 0 Å². The van der Waals surface area contributed by atoms with Crippen molar-refractivity contribution in [3.63, 3.8) is 0 Å². The first kappa shape index (κ1) is 15.8. The molecule has 1 aromatic carbocycles. The zero-order valence-corrected chi connectivity index (χ0v) is 11.8. The van der Waals surface area contributed by atoms with Crippen LogP contribution in [0.1, 0.15) is 24.0 Å². The number of halogens is 3. The van der Waals surface area contributed by atoms with E-state index in [-0.39, 0.29) is 19.0 Å². The highest BCUT2D eigenvalue weighted by Gasteiger charge is 2.38. The Hall–Kier alpha value is -1.56. The number of benzene rings is 1. The quantitative estimate of drug-likeness (QED) is 0.757. The average Bonchev–Trinajstić information content (AvgIpc) is 3.23.